The van der Waals surface area contributed by atoms with Crippen LogP contribution in [-0.4, -0.2) is 18.6 Å². The molecule has 0 saturated carbocycles. The predicted octanol–water partition coefficient (Wildman–Crippen LogP) is 3.40. The van der Waals surface area contributed by atoms with Crippen LogP contribution in [0.1, 0.15) is 39.2 Å². The van der Waals surface area contributed by atoms with Crippen molar-refractivity contribution >= 4 is 12.0 Å². The second-order valence-electron chi connectivity index (χ2n) is 4.74. The summed E-state index contributed by atoms with van der Waals surface area (Å²) in [6.45, 7) is 6.71. The zero-order valence-corrected chi connectivity index (χ0v) is 12.0. The van der Waals surface area contributed by atoms with Crippen molar-refractivity contribution in [2.45, 2.75) is 39.7 Å². The normalized spacial score (nSPS) is 10.9. The van der Waals surface area contributed by atoms with Crippen LogP contribution in [0, 0.1) is 0 Å². The van der Waals surface area contributed by atoms with Crippen molar-refractivity contribution in [3.63, 3.8) is 0 Å². The smallest absolute Gasteiger partial charge is 0.244 e. The third-order valence-electron chi connectivity index (χ3n) is 2.52. The Morgan fingerprint density at radius 3 is 2.79 bits per heavy atom. The van der Waals surface area contributed by atoms with E-state index in [0.29, 0.717) is 6.61 Å². The van der Waals surface area contributed by atoms with Gasteiger partial charge in [-0.15, -0.1) is 0 Å². The van der Waals surface area contributed by atoms with Crippen molar-refractivity contribution in [1.29, 1.82) is 0 Å². The second-order valence-corrected chi connectivity index (χ2v) is 4.74. The third-order valence-corrected chi connectivity index (χ3v) is 2.52. The Bertz CT molecular complexity index is 425. The van der Waals surface area contributed by atoms with E-state index in [1.54, 1.807) is 12.2 Å². The van der Waals surface area contributed by atoms with Crippen LogP contribution in [0.15, 0.2) is 30.3 Å². The lowest BCUT2D eigenvalue weighted by Crippen LogP contribution is -2.28. The van der Waals surface area contributed by atoms with Gasteiger partial charge >= 0.3 is 0 Å². The van der Waals surface area contributed by atoms with Crippen LogP contribution in [0.5, 0.6) is 5.75 Å². The molecule has 104 valence electrons. The van der Waals surface area contributed by atoms with Crippen molar-refractivity contribution in [3.05, 3.63) is 35.9 Å². The average Bonchev–Trinajstić information content (AvgIpc) is 2.37. The molecule has 0 spiro atoms. The zero-order chi connectivity index (χ0) is 14.1. The number of benzene rings is 1. The first kappa shape index (κ1) is 15.3. The summed E-state index contributed by atoms with van der Waals surface area (Å²) in [6.07, 6.45) is 5.47. The summed E-state index contributed by atoms with van der Waals surface area (Å²) in [7, 11) is 0. The fraction of sp³-hybridized carbons (Fsp3) is 0.438. The Hall–Kier alpha value is -1.77. The molecule has 3 heteroatoms. The molecular weight excluding hydrogens is 238 g/mol. The molecule has 0 aromatic heterocycles. The molecule has 0 atom stereocenters. The molecule has 3 nitrogen and oxygen atoms in total. The molecule has 0 fully saturated rings. The molecule has 19 heavy (non-hydrogen) atoms. The van der Waals surface area contributed by atoms with E-state index < -0.39 is 0 Å². The van der Waals surface area contributed by atoms with Crippen LogP contribution in [0.4, 0.5) is 0 Å². The van der Waals surface area contributed by atoms with E-state index in [4.69, 9.17) is 4.74 Å². The number of unbranched alkanes of at least 4 members (excludes halogenated alkanes) is 1. The molecular formula is C16H23NO2. The maximum Gasteiger partial charge on any atom is 0.244 e. The number of rotatable bonds is 7. The minimum Gasteiger partial charge on any atom is -0.493 e. The van der Waals surface area contributed by atoms with E-state index in [2.05, 4.69) is 12.2 Å². The number of hydrogen-bond acceptors (Lipinski definition) is 2. The SMILES string of the molecule is CCCCOc1ccccc1/C=C/C(=O)NC(C)C. The van der Waals surface area contributed by atoms with Gasteiger partial charge in [0.1, 0.15) is 5.75 Å². The summed E-state index contributed by atoms with van der Waals surface area (Å²) in [6, 6.07) is 7.89. The largest absolute Gasteiger partial charge is 0.493 e. The van der Waals surface area contributed by atoms with Crippen molar-refractivity contribution < 1.29 is 9.53 Å². The summed E-state index contributed by atoms with van der Waals surface area (Å²) in [5, 5.41) is 2.82. The molecule has 0 aliphatic carbocycles. The molecule has 0 heterocycles. The van der Waals surface area contributed by atoms with Crippen LogP contribution in [0.25, 0.3) is 6.08 Å². The van der Waals surface area contributed by atoms with E-state index in [0.717, 1.165) is 24.2 Å². The van der Waals surface area contributed by atoms with Crippen LogP contribution >= 0.6 is 0 Å². The summed E-state index contributed by atoms with van der Waals surface area (Å²) in [4.78, 5) is 11.6. The number of carbonyl (C=O) groups is 1. The number of hydrogen-bond donors (Lipinski definition) is 1. The molecule has 1 aromatic carbocycles. The van der Waals surface area contributed by atoms with E-state index in [-0.39, 0.29) is 11.9 Å². The predicted molar refractivity (Wildman–Crippen MR) is 79.2 cm³/mol. The number of amides is 1. The quantitative estimate of drug-likeness (QED) is 0.603. The summed E-state index contributed by atoms with van der Waals surface area (Å²) >= 11 is 0. The molecule has 1 rings (SSSR count). The highest BCUT2D eigenvalue weighted by molar-refractivity contribution is 5.92. The van der Waals surface area contributed by atoms with Crippen LogP contribution in [0.2, 0.25) is 0 Å². The first-order valence-corrected chi connectivity index (χ1v) is 6.84. The lowest BCUT2D eigenvalue weighted by molar-refractivity contribution is -0.116. The molecule has 1 N–H and O–H groups in total. The lowest BCUT2D eigenvalue weighted by atomic mass is 10.2. The molecule has 0 unspecified atom stereocenters. The number of para-hydroxylation sites is 1. The molecule has 1 amide bonds. The highest BCUT2D eigenvalue weighted by atomic mass is 16.5. The van der Waals surface area contributed by atoms with E-state index in [1.165, 1.54) is 0 Å². The molecule has 0 aliphatic rings. The Morgan fingerprint density at radius 1 is 1.37 bits per heavy atom. The van der Waals surface area contributed by atoms with Crippen molar-refractivity contribution in [2.24, 2.45) is 0 Å². The van der Waals surface area contributed by atoms with Gasteiger partial charge in [-0.3, -0.25) is 4.79 Å². The summed E-state index contributed by atoms with van der Waals surface area (Å²) < 4.78 is 5.71. The molecule has 0 bridgehead atoms. The molecule has 0 saturated heterocycles. The Kier molecular flexibility index (Phi) is 6.72. The van der Waals surface area contributed by atoms with E-state index in [9.17, 15) is 4.79 Å². The van der Waals surface area contributed by atoms with Crippen LogP contribution in [-0.2, 0) is 4.79 Å². The van der Waals surface area contributed by atoms with Gasteiger partial charge in [-0.1, -0.05) is 31.5 Å². The molecule has 0 aliphatic heterocycles. The van der Waals surface area contributed by atoms with Gasteiger partial charge in [0.05, 0.1) is 6.61 Å². The number of ether oxygens (including phenoxy) is 1. The Labute approximate surface area is 115 Å². The highest BCUT2D eigenvalue weighted by Crippen LogP contribution is 2.19. The fourth-order valence-corrected chi connectivity index (χ4v) is 1.57. The molecule has 0 radical (unpaired) electrons. The summed E-state index contributed by atoms with van der Waals surface area (Å²) in [5.41, 5.74) is 0.928. The minimum atomic E-state index is -0.0849. The topological polar surface area (TPSA) is 38.3 Å². The van der Waals surface area contributed by atoms with Crippen LogP contribution in [0.3, 0.4) is 0 Å². The Balaban J connectivity index is 2.66. The zero-order valence-electron chi connectivity index (χ0n) is 12.0. The lowest BCUT2D eigenvalue weighted by Gasteiger charge is -2.08. The maximum absolute atomic E-state index is 11.6. The minimum absolute atomic E-state index is 0.0849. The first-order valence-electron chi connectivity index (χ1n) is 6.84. The number of nitrogens with one attached hydrogen (secondary N) is 1. The fourth-order valence-electron chi connectivity index (χ4n) is 1.57. The monoisotopic (exact) mass is 261 g/mol. The van der Waals surface area contributed by atoms with Gasteiger partial charge in [-0.25, -0.2) is 0 Å². The van der Waals surface area contributed by atoms with Crippen molar-refractivity contribution in [3.8, 4) is 5.75 Å². The standard InChI is InChI=1S/C16H23NO2/c1-4-5-12-19-15-9-7-6-8-14(15)10-11-16(18)17-13(2)3/h6-11,13H,4-5,12H2,1-3H3,(H,17,18)/b11-10+. The van der Waals surface area contributed by atoms with Gasteiger partial charge in [0.25, 0.3) is 0 Å². The highest BCUT2D eigenvalue weighted by Gasteiger charge is 2.01. The van der Waals surface area contributed by atoms with E-state index in [1.807, 2.05) is 38.1 Å². The molecule has 1 aromatic rings. The second kappa shape index (κ2) is 8.35. The summed E-state index contributed by atoms with van der Waals surface area (Å²) in [5.74, 6) is 0.739. The third kappa shape index (κ3) is 6.09. The van der Waals surface area contributed by atoms with Gasteiger partial charge in [0, 0.05) is 17.7 Å². The van der Waals surface area contributed by atoms with Gasteiger partial charge in [0.2, 0.25) is 5.91 Å². The average molecular weight is 261 g/mol. The van der Waals surface area contributed by atoms with Gasteiger partial charge in [-0.2, -0.15) is 0 Å². The van der Waals surface area contributed by atoms with Gasteiger partial charge in [0.15, 0.2) is 0 Å². The van der Waals surface area contributed by atoms with Crippen molar-refractivity contribution in [1.82, 2.24) is 5.32 Å². The van der Waals surface area contributed by atoms with Gasteiger partial charge < -0.3 is 10.1 Å². The van der Waals surface area contributed by atoms with E-state index >= 15 is 0 Å². The number of carbonyl (C=O) groups excluding carboxylic acids is 1. The van der Waals surface area contributed by atoms with Crippen LogP contribution < -0.4 is 10.1 Å². The first-order chi connectivity index (χ1) is 9.13. The van der Waals surface area contributed by atoms with Crippen molar-refractivity contribution in [2.75, 3.05) is 6.61 Å². The maximum atomic E-state index is 11.6. The van der Waals surface area contributed by atoms with Gasteiger partial charge in [-0.05, 0) is 32.4 Å². The Morgan fingerprint density at radius 2 is 2.11 bits per heavy atom.